The topological polar surface area (TPSA) is 73.0 Å². The molecule has 0 aromatic heterocycles. The molecule has 1 N–H and O–H groups in total. The number of rotatable bonds is 3. The van der Waals surface area contributed by atoms with E-state index in [1.165, 1.54) is 4.31 Å². The van der Waals surface area contributed by atoms with Crippen LogP contribution < -0.4 is 5.32 Å². The van der Waals surface area contributed by atoms with Crippen LogP contribution >= 0.6 is 0 Å². The summed E-state index contributed by atoms with van der Waals surface area (Å²) >= 11 is 0. The van der Waals surface area contributed by atoms with E-state index < -0.39 is 10.2 Å². The highest BCUT2D eigenvalue weighted by Gasteiger charge is 2.35. The van der Waals surface area contributed by atoms with E-state index in [4.69, 9.17) is 0 Å². The average Bonchev–Trinajstić information content (AvgIpc) is 3.19. The second-order valence-electron chi connectivity index (χ2n) is 5.65. The van der Waals surface area contributed by atoms with Crippen molar-refractivity contribution in [3.05, 3.63) is 12.2 Å². The van der Waals surface area contributed by atoms with Gasteiger partial charge in [-0.15, -0.1) is 0 Å². The summed E-state index contributed by atoms with van der Waals surface area (Å²) in [5, 5.41) is 3.10. The van der Waals surface area contributed by atoms with Gasteiger partial charge in [-0.1, -0.05) is 12.2 Å². The molecule has 3 aliphatic rings. The molecular formula is C13H22N4O3S. The molecule has 21 heavy (non-hydrogen) atoms. The molecule has 0 aromatic carbocycles. The molecule has 7 nitrogen and oxygen atoms in total. The molecule has 3 heterocycles. The molecule has 2 fully saturated rings. The van der Waals surface area contributed by atoms with E-state index in [-0.39, 0.29) is 11.9 Å². The Morgan fingerprint density at radius 3 is 2.19 bits per heavy atom. The molecule has 1 amide bonds. The van der Waals surface area contributed by atoms with Gasteiger partial charge in [0.15, 0.2) is 0 Å². The predicted octanol–water partition coefficient (Wildman–Crippen LogP) is -1.00. The first-order valence-corrected chi connectivity index (χ1v) is 8.93. The third-order valence-electron chi connectivity index (χ3n) is 4.32. The second-order valence-corrected chi connectivity index (χ2v) is 7.58. The van der Waals surface area contributed by atoms with Crippen molar-refractivity contribution in [2.75, 3.05) is 45.8 Å². The molecule has 3 aliphatic heterocycles. The highest BCUT2D eigenvalue weighted by atomic mass is 32.2. The highest BCUT2D eigenvalue weighted by Crippen LogP contribution is 2.18. The summed E-state index contributed by atoms with van der Waals surface area (Å²) in [6.45, 7) is 3.69. The summed E-state index contributed by atoms with van der Waals surface area (Å²) in [4.78, 5) is 14.0. The normalized spacial score (nSPS) is 28.4. The van der Waals surface area contributed by atoms with Gasteiger partial charge in [0.25, 0.3) is 10.2 Å². The molecule has 2 saturated heterocycles. The van der Waals surface area contributed by atoms with Gasteiger partial charge in [0.2, 0.25) is 5.91 Å². The molecule has 3 rings (SSSR count). The van der Waals surface area contributed by atoms with Gasteiger partial charge in [0.1, 0.15) is 6.04 Å². The highest BCUT2D eigenvalue weighted by molar-refractivity contribution is 7.86. The largest absolute Gasteiger partial charge is 0.338 e. The van der Waals surface area contributed by atoms with Gasteiger partial charge in [-0.2, -0.15) is 17.0 Å². The summed E-state index contributed by atoms with van der Waals surface area (Å²) in [5.41, 5.74) is 0. The summed E-state index contributed by atoms with van der Waals surface area (Å²) in [5.74, 6) is 0.0435. The lowest BCUT2D eigenvalue weighted by Crippen LogP contribution is -2.56. The number of amides is 1. The Bertz CT molecular complexity index is 520. The van der Waals surface area contributed by atoms with Crippen LogP contribution in [0.15, 0.2) is 12.2 Å². The van der Waals surface area contributed by atoms with Crippen LogP contribution in [0.25, 0.3) is 0 Å². The minimum absolute atomic E-state index is 0.0435. The van der Waals surface area contributed by atoms with Crippen molar-refractivity contribution >= 4 is 16.1 Å². The van der Waals surface area contributed by atoms with Crippen LogP contribution in [0.5, 0.6) is 0 Å². The van der Waals surface area contributed by atoms with E-state index >= 15 is 0 Å². The zero-order chi connectivity index (χ0) is 14.9. The second kappa shape index (κ2) is 6.04. The number of carbonyl (C=O) groups is 1. The fourth-order valence-electron chi connectivity index (χ4n) is 3.05. The Hall–Kier alpha value is -0.960. The van der Waals surface area contributed by atoms with E-state index in [0.717, 1.165) is 19.4 Å². The number of nitrogens with one attached hydrogen (secondary N) is 1. The van der Waals surface area contributed by atoms with Crippen molar-refractivity contribution in [2.45, 2.75) is 18.9 Å². The fraction of sp³-hybridized carbons (Fsp3) is 0.769. The molecule has 0 spiro atoms. The number of hydrogen-bond donors (Lipinski definition) is 1. The van der Waals surface area contributed by atoms with Crippen LogP contribution in [0, 0.1) is 0 Å². The lowest BCUT2D eigenvalue weighted by Gasteiger charge is -2.36. The number of hydrogen-bond acceptors (Lipinski definition) is 4. The average molecular weight is 314 g/mol. The lowest BCUT2D eigenvalue weighted by atomic mass is 10.2. The van der Waals surface area contributed by atoms with Crippen molar-refractivity contribution in [2.24, 2.45) is 0 Å². The SMILES string of the molecule is O=C([C@H]1C=CCN1)N1CCN(S(=O)(=O)N2CCCC2)CC1. The Kier molecular flexibility index (Phi) is 4.30. The van der Waals surface area contributed by atoms with Gasteiger partial charge in [0.05, 0.1) is 0 Å². The molecule has 0 radical (unpaired) electrons. The van der Waals surface area contributed by atoms with Crippen LogP contribution in [0.2, 0.25) is 0 Å². The Balaban J connectivity index is 1.57. The fourth-order valence-corrected chi connectivity index (χ4v) is 4.73. The number of nitrogens with zero attached hydrogens (tertiary/aromatic N) is 3. The standard InChI is InChI=1S/C13H22N4O3S/c18-13(12-4-3-5-14-12)15-8-10-17(11-9-15)21(19,20)16-6-1-2-7-16/h3-4,12,14H,1-2,5-11H2/t12-/m1/s1. The van der Waals surface area contributed by atoms with Gasteiger partial charge in [-0.05, 0) is 12.8 Å². The quantitative estimate of drug-likeness (QED) is 0.678. The van der Waals surface area contributed by atoms with Crippen LogP contribution in [0.4, 0.5) is 0 Å². The van der Waals surface area contributed by atoms with Gasteiger partial charge in [-0.3, -0.25) is 10.1 Å². The zero-order valence-electron chi connectivity index (χ0n) is 12.1. The minimum Gasteiger partial charge on any atom is -0.338 e. The Labute approximate surface area is 125 Å². The van der Waals surface area contributed by atoms with Crippen molar-refractivity contribution in [1.82, 2.24) is 18.8 Å². The van der Waals surface area contributed by atoms with Crippen LogP contribution in [-0.2, 0) is 15.0 Å². The Morgan fingerprint density at radius 1 is 1.00 bits per heavy atom. The van der Waals surface area contributed by atoms with E-state index in [1.54, 1.807) is 9.21 Å². The summed E-state index contributed by atoms with van der Waals surface area (Å²) < 4.78 is 28.0. The third-order valence-corrected chi connectivity index (χ3v) is 6.35. The molecule has 0 saturated carbocycles. The van der Waals surface area contributed by atoms with E-state index in [2.05, 4.69) is 5.32 Å². The molecular weight excluding hydrogens is 292 g/mol. The number of piperazine rings is 1. The van der Waals surface area contributed by atoms with Crippen molar-refractivity contribution < 1.29 is 13.2 Å². The smallest absolute Gasteiger partial charge is 0.282 e. The van der Waals surface area contributed by atoms with E-state index in [9.17, 15) is 13.2 Å². The molecule has 1 atom stereocenters. The van der Waals surface area contributed by atoms with Crippen molar-refractivity contribution in [3.63, 3.8) is 0 Å². The minimum atomic E-state index is -3.33. The molecule has 0 aromatic rings. The van der Waals surface area contributed by atoms with Crippen molar-refractivity contribution in [3.8, 4) is 0 Å². The predicted molar refractivity (Wildman–Crippen MR) is 78.8 cm³/mol. The molecule has 0 aliphatic carbocycles. The van der Waals surface area contributed by atoms with Gasteiger partial charge < -0.3 is 4.90 Å². The first kappa shape index (κ1) is 15.0. The maximum Gasteiger partial charge on any atom is 0.282 e. The zero-order valence-corrected chi connectivity index (χ0v) is 12.9. The summed E-state index contributed by atoms with van der Waals surface area (Å²) in [6, 6.07) is -0.244. The van der Waals surface area contributed by atoms with Crippen LogP contribution in [0.3, 0.4) is 0 Å². The van der Waals surface area contributed by atoms with E-state index in [0.29, 0.717) is 39.3 Å². The molecule has 8 heteroatoms. The summed E-state index contributed by atoms with van der Waals surface area (Å²) in [7, 11) is -3.33. The van der Waals surface area contributed by atoms with Crippen LogP contribution in [0.1, 0.15) is 12.8 Å². The van der Waals surface area contributed by atoms with Gasteiger partial charge >= 0.3 is 0 Å². The lowest BCUT2D eigenvalue weighted by molar-refractivity contribution is -0.133. The van der Waals surface area contributed by atoms with Gasteiger partial charge in [-0.25, -0.2) is 0 Å². The van der Waals surface area contributed by atoms with E-state index in [1.807, 2.05) is 12.2 Å². The third kappa shape index (κ3) is 2.98. The maximum absolute atomic E-state index is 12.4. The Morgan fingerprint density at radius 2 is 1.62 bits per heavy atom. The monoisotopic (exact) mass is 314 g/mol. The first-order chi connectivity index (χ1) is 10.1. The number of carbonyl (C=O) groups excluding carboxylic acids is 1. The first-order valence-electron chi connectivity index (χ1n) is 7.53. The van der Waals surface area contributed by atoms with Crippen LogP contribution in [-0.4, -0.2) is 79.7 Å². The molecule has 0 bridgehead atoms. The maximum atomic E-state index is 12.4. The van der Waals surface area contributed by atoms with Crippen molar-refractivity contribution in [1.29, 1.82) is 0 Å². The van der Waals surface area contributed by atoms with Gasteiger partial charge in [0, 0.05) is 45.8 Å². The molecule has 0 unspecified atom stereocenters. The summed E-state index contributed by atoms with van der Waals surface area (Å²) in [6.07, 6.45) is 5.70. The molecule has 118 valence electrons.